The first-order valence-corrected chi connectivity index (χ1v) is 12.8. The summed E-state index contributed by atoms with van der Waals surface area (Å²) < 4.78 is 35.3. The Morgan fingerprint density at radius 1 is 0.929 bits per heavy atom. The maximum atomic E-state index is 13.3. The summed E-state index contributed by atoms with van der Waals surface area (Å²) in [7, 11) is -3.00. The minimum absolute atomic E-state index is 0.0692. The number of rotatable bonds is 5. The van der Waals surface area contributed by atoms with Crippen molar-refractivity contribution >= 4 is 15.7 Å². The van der Waals surface area contributed by atoms with Gasteiger partial charge in [-0.15, -0.1) is 0 Å². The number of amides is 1. The largest absolute Gasteiger partial charge is 0.350 e. The van der Waals surface area contributed by atoms with E-state index in [2.05, 4.69) is 4.90 Å². The molecule has 1 saturated carbocycles. The van der Waals surface area contributed by atoms with Crippen LogP contribution in [-0.4, -0.2) is 86.9 Å². The molecule has 0 radical (unpaired) electrons. The summed E-state index contributed by atoms with van der Waals surface area (Å²) in [5.74, 6) is 0.915. The quantitative estimate of drug-likeness (QED) is 0.677. The fraction of sp³-hybridized carbons (Fsp3) is 0.950. The third-order valence-corrected chi connectivity index (χ3v) is 8.63. The molecule has 1 atom stereocenters. The van der Waals surface area contributed by atoms with Crippen molar-refractivity contribution in [1.29, 1.82) is 0 Å². The summed E-state index contributed by atoms with van der Waals surface area (Å²) in [5, 5.41) is 0. The number of hydrogen-bond donors (Lipinski definition) is 0. The molecular weight excluding hydrogens is 380 g/mol. The van der Waals surface area contributed by atoms with Crippen molar-refractivity contribution in [2.45, 2.75) is 69.7 Å². The second kappa shape index (κ2) is 8.98. The number of piperidine rings is 1. The molecule has 3 heterocycles. The van der Waals surface area contributed by atoms with Crippen LogP contribution >= 0.6 is 0 Å². The highest BCUT2D eigenvalue weighted by Crippen LogP contribution is 2.30. The highest BCUT2D eigenvalue weighted by Gasteiger charge is 2.39. The van der Waals surface area contributed by atoms with E-state index in [1.165, 1.54) is 6.42 Å². The molecular formula is C20H34N2O5S. The summed E-state index contributed by atoms with van der Waals surface area (Å²) in [6, 6.07) is 0.0933. The van der Waals surface area contributed by atoms with Crippen LogP contribution in [0.25, 0.3) is 0 Å². The number of carbonyl (C=O) groups excluding carboxylic acids is 1. The van der Waals surface area contributed by atoms with Gasteiger partial charge in [0.1, 0.15) is 0 Å². The Morgan fingerprint density at radius 3 is 2.21 bits per heavy atom. The summed E-state index contributed by atoms with van der Waals surface area (Å²) in [6.45, 7) is 3.53. The number of ether oxygens (including phenoxy) is 2. The van der Waals surface area contributed by atoms with Gasteiger partial charge in [0, 0.05) is 18.0 Å². The van der Waals surface area contributed by atoms with E-state index >= 15 is 0 Å². The highest BCUT2D eigenvalue weighted by atomic mass is 32.2. The van der Waals surface area contributed by atoms with Crippen LogP contribution in [0.5, 0.6) is 0 Å². The second-order valence-corrected chi connectivity index (χ2v) is 11.1. The average Bonchev–Trinajstić information content (AvgIpc) is 3.33. The van der Waals surface area contributed by atoms with Gasteiger partial charge in [0.15, 0.2) is 16.1 Å². The zero-order valence-electron chi connectivity index (χ0n) is 16.8. The molecule has 0 spiro atoms. The molecule has 7 nitrogen and oxygen atoms in total. The van der Waals surface area contributed by atoms with Crippen LogP contribution < -0.4 is 0 Å². The summed E-state index contributed by atoms with van der Waals surface area (Å²) in [4.78, 5) is 17.5. The molecule has 0 aromatic rings. The van der Waals surface area contributed by atoms with Crippen LogP contribution in [-0.2, 0) is 24.1 Å². The fourth-order valence-electron chi connectivity index (χ4n) is 5.36. The van der Waals surface area contributed by atoms with Crippen molar-refractivity contribution < 1.29 is 22.7 Å². The van der Waals surface area contributed by atoms with Crippen LogP contribution in [0.3, 0.4) is 0 Å². The van der Waals surface area contributed by atoms with Crippen molar-refractivity contribution in [3.63, 3.8) is 0 Å². The molecule has 3 saturated heterocycles. The lowest BCUT2D eigenvalue weighted by molar-refractivity contribution is -0.139. The van der Waals surface area contributed by atoms with E-state index in [1.807, 2.05) is 4.90 Å². The first-order valence-electron chi connectivity index (χ1n) is 11.0. The van der Waals surface area contributed by atoms with E-state index < -0.39 is 9.84 Å². The van der Waals surface area contributed by atoms with E-state index in [1.54, 1.807) is 0 Å². The number of hydrogen-bond acceptors (Lipinski definition) is 6. The maximum Gasteiger partial charge on any atom is 0.237 e. The van der Waals surface area contributed by atoms with Gasteiger partial charge in [-0.05, 0) is 45.2 Å². The minimum Gasteiger partial charge on any atom is -0.350 e. The Kier molecular flexibility index (Phi) is 6.60. The SMILES string of the molecule is O=C(CN1CCC(C2OCCO2)CC1)N(C1CCCCC1)C1CCS(=O)(=O)C1. The second-order valence-electron chi connectivity index (χ2n) is 8.87. The number of likely N-dealkylation sites (tertiary alicyclic amines) is 1. The van der Waals surface area contributed by atoms with Gasteiger partial charge in [0.2, 0.25) is 5.91 Å². The predicted molar refractivity (Wildman–Crippen MR) is 106 cm³/mol. The molecule has 4 aliphatic rings. The van der Waals surface area contributed by atoms with Crippen molar-refractivity contribution in [2.24, 2.45) is 5.92 Å². The zero-order chi connectivity index (χ0) is 19.6. The molecule has 4 rings (SSSR count). The highest BCUT2D eigenvalue weighted by molar-refractivity contribution is 7.91. The first kappa shape index (κ1) is 20.6. The van der Waals surface area contributed by atoms with Crippen LogP contribution in [0, 0.1) is 5.92 Å². The van der Waals surface area contributed by atoms with E-state index in [0.29, 0.717) is 32.1 Å². The molecule has 28 heavy (non-hydrogen) atoms. The minimum atomic E-state index is -3.00. The third kappa shape index (κ3) is 4.89. The summed E-state index contributed by atoms with van der Waals surface area (Å²) in [6.07, 6.45) is 8.03. The van der Waals surface area contributed by atoms with E-state index in [4.69, 9.17) is 9.47 Å². The van der Waals surface area contributed by atoms with Crippen LogP contribution in [0.1, 0.15) is 51.4 Å². The predicted octanol–water partition coefficient (Wildman–Crippen LogP) is 1.42. The number of sulfone groups is 1. The number of carbonyl (C=O) groups is 1. The molecule has 1 amide bonds. The molecule has 1 unspecified atom stereocenters. The van der Waals surface area contributed by atoms with E-state index in [-0.39, 0.29) is 35.8 Å². The smallest absolute Gasteiger partial charge is 0.237 e. The Hall–Kier alpha value is -0.700. The van der Waals surface area contributed by atoms with Gasteiger partial charge in [0.05, 0.1) is 31.3 Å². The molecule has 4 fully saturated rings. The molecule has 0 N–H and O–H groups in total. The monoisotopic (exact) mass is 414 g/mol. The van der Waals surface area contributed by atoms with Gasteiger partial charge in [-0.3, -0.25) is 9.69 Å². The van der Waals surface area contributed by atoms with E-state index in [0.717, 1.165) is 51.6 Å². The van der Waals surface area contributed by atoms with Crippen molar-refractivity contribution in [1.82, 2.24) is 9.80 Å². The van der Waals surface area contributed by atoms with Crippen molar-refractivity contribution in [3.05, 3.63) is 0 Å². The first-order chi connectivity index (χ1) is 13.5. The normalized spacial score (nSPS) is 30.6. The molecule has 160 valence electrons. The summed E-state index contributed by atoms with van der Waals surface area (Å²) >= 11 is 0. The molecule has 0 aromatic heterocycles. The zero-order valence-corrected chi connectivity index (χ0v) is 17.6. The Labute approximate surface area is 168 Å². The van der Waals surface area contributed by atoms with Crippen molar-refractivity contribution in [2.75, 3.05) is 44.4 Å². The standard InChI is InChI=1S/C20H34N2O5S/c23-19(14-21-9-6-16(7-10-21)20-26-11-12-27-20)22(17-4-2-1-3-5-17)18-8-13-28(24,25)15-18/h16-18,20H,1-15H2. The van der Waals surface area contributed by atoms with Gasteiger partial charge in [-0.25, -0.2) is 8.42 Å². The van der Waals surface area contributed by atoms with Gasteiger partial charge in [0.25, 0.3) is 0 Å². The molecule has 3 aliphatic heterocycles. The molecule has 1 aliphatic carbocycles. The molecule has 0 bridgehead atoms. The lowest BCUT2D eigenvalue weighted by atomic mass is 9.92. The molecule has 0 aromatic carbocycles. The fourth-order valence-corrected chi connectivity index (χ4v) is 7.08. The molecule has 8 heteroatoms. The van der Waals surface area contributed by atoms with Gasteiger partial charge in [-0.2, -0.15) is 0 Å². The topological polar surface area (TPSA) is 76.2 Å². The van der Waals surface area contributed by atoms with Gasteiger partial charge >= 0.3 is 0 Å². The Bertz CT molecular complexity index is 635. The van der Waals surface area contributed by atoms with Crippen molar-refractivity contribution in [3.8, 4) is 0 Å². The third-order valence-electron chi connectivity index (χ3n) is 6.88. The van der Waals surface area contributed by atoms with Gasteiger partial charge < -0.3 is 14.4 Å². The Morgan fingerprint density at radius 2 is 1.61 bits per heavy atom. The van der Waals surface area contributed by atoms with E-state index in [9.17, 15) is 13.2 Å². The van der Waals surface area contributed by atoms with Crippen LogP contribution in [0.2, 0.25) is 0 Å². The average molecular weight is 415 g/mol. The lowest BCUT2D eigenvalue weighted by Crippen LogP contribution is -2.53. The van der Waals surface area contributed by atoms with Crippen LogP contribution in [0.4, 0.5) is 0 Å². The summed E-state index contributed by atoms with van der Waals surface area (Å²) in [5.41, 5.74) is 0. The lowest BCUT2D eigenvalue weighted by Gasteiger charge is -2.40. The maximum absolute atomic E-state index is 13.3. The number of nitrogens with zero attached hydrogens (tertiary/aromatic N) is 2. The van der Waals surface area contributed by atoms with Crippen LogP contribution in [0.15, 0.2) is 0 Å². The van der Waals surface area contributed by atoms with Gasteiger partial charge in [-0.1, -0.05) is 19.3 Å². The Balaban J connectivity index is 1.35.